The number of nitrogens with two attached hydrogens (primary N) is 1. The van der Waals surface area contributed by atoms with E-state index in [2.05, 4.69) is 0 Å². The van der Waals surface area contributed by atoms with Crippen molar-refractivity contribution in [3.05, 3.63) is 35.6 Å². The Labute approximate surface area is 119 Å². The van der Waals surface area contributed by atoms with Gasteiger partial charge in [0.1, 0.15) is 5.82 Å². The Hall–Kier alpha value is -0.980. The standard InChI is InChI=1S/C14H21FN2O2S/c1-11-3-2-8-17(14(11)9-16)20(18,19)10-12-4-6-13(15)7-5-12/h4-7,11,14H,2-3,8-10,16H2,1H3/t11-,14-/m1/s1. The third-order valence-electron chi connectivity index (χ3n) is 3.93. The highest BCUT2D eigenvalue weighted by molar-refractivity contribution is 7.88. The zero-order chi connectivity index (χ0) is 14.8. The van der Waals surface area contributed by atoms with Crippen molar-refractivity contribution in [1.29, 1.82) is 0 Å². The van der Waals surface area contributed by atoms with Gasteiger partial charge < -0.3 is 5.73 Å². The fraction of sp³-hybridized carbons (Fsp3) is 0.571. The molecule has 1 aromatic carbocycles. The highest BCUT2D eigenvalue weighted by Gasteiger charge is 2.35. The van der Waals surface area contributed by atoms with Gasteiger partial charge in [-0.1, -0.05) is 19.1 Å². The average Bonchev–Trinajstić information content (AvgIpc) is 2.41. The molecular weight excluding hydrogens is 279 g/mol. The van der Waals surface area contributed by atoms with E-state index in [0.717, 1.165) is 12.8 Å². The summed E-state index contributed by atoms with van der Waals surface area (Å²) in [5.74, 6) is -0.189. The van der Waals surface area contributed by atoms with Gasteiger partial charge in [-0.3, -0.25) is 0 Å². The van der Waals surface area contributed by atoms with Crippen LogP contribution in [-0.4, -0.2) is 31.9 Å². The minimum atomic E-state index is -3.41. The summed E-state index contributed by atoms with van der Waals surface area (Å²) in [4.78, 5) is 0. The van der Waals surface area contributed by atoms with Crippen LogP contribution in [0.25, 0.3) is 0 Å². The first-order chi connectivity index (χ1) is 9.44. The van der Waals surface area contributed by atoms with Crippen molar-refractivity contribution in [3.8, 4) is 0 Å². The van der Waals surface area contributed by atoms with Crippen LogP contribution in [0.15, 0.2) is 24.3 Å². The van der Waals surface area contributed by atoms with E-state index in [0.29, 0.717) is 18.7 Å². The number of hydrogen-bond donors (Lipinski definition) is 1. The molecule has 0 unspecified atom stereocenters. The highest BCUT2D eigenvalue weighted by atomic mass is 32.2. The molecule has 1 saturated heterocycles. The van der Waals surface area contributed by atoms with Crippen molar-refractivity contribution < 1.29 is 12.8 Å². The lowest BCUT2D eigenvalue weighted by atomic mass is 9.93. The Balaban J connectivity index is 2.18. The maximum Gasteiger partial charge on any atom is 0.218 e. The van der Waals surface area contributed by atoms with Crippen LogP contribution in [0.3, 0.4) is 0 Å². The van der Waals surface area contributed by atoms with Gasteiger partial charge >= 0.3 is 0 Å². The Morgan fingerprint density at radius 3 is 2.60 bits per heavy atom. The lowest BCUT2D eigenvalue weighted by Crippen LogP contribution is -2.51. The van der Waals surface area contributed by atoms with Crippen LogP contribution in [-0.2, 0) is 15.8 Å². The maximum absolute atomic E-state index is 12.9. The minimum Gasteiger partial charge on any atom is -0.329 e. The Morgan fingerprint density at radius 2 is 2.00 bits per heavy atom. The molecular formula is C14H21FN2O2S. The molecule has 2 atom stereocenters. The van der Waals surface area contributed by atoms with E-state index in [1.54, 1.807) is 0 Å². The molecule has 0 amide bonds. The van der Waals surface area contributed by atoms with Crippen LogP contribution in [0.2, 0.25) is 0 Å². The fourth-order valence-corrected chi connectivity index (χ4v) is 4.67. The van der Waals surface area contributed by atoms with Gasteiger partial charge in [-0.25, -0.2) is 12.8 Å². The van der Waals surface area contributed by atoms with Gasteiger partial charge in [0.25, 0.3) is 0 Å². The van der Waals surface area contributed by atoms with Gasteiger partial charge in [0.15, 0.2) is 0 Å². The molecule has 6 heteroatoms. The summed E-state index contributed by atoms with van der Waals surface area (Å²) < 4.78 is 39.5. The number of hydrogen-bond acceptors (Lipinski definition) is 3. The number of piperidine rings is 1. The van der Waals surface area contributed by atoms with Crippen molar-refractivity contribution in [2.24, 2.45) is 11.7 Å². The van der Waals surface area contributed by atoms with Crippen molar-refractivity contribution in [2.75, 3.05) is 13.1 Å². The summed E-state index contributed by atoms with van der Waals surface area (Å²) >= 11 is 0. The van der Waals surface area contributed by atoms with Gasteiger partial charge in [-0.15, -0.1) is 0 Å². The second-order valence-electron chi connectivity index (χ2n) is 5.42. The van der Waals surface area contributed by atoms with Gasteiger partial charge in [-0.2, -0.15) is 4.31 Å². The molecule has 0 aliphatic carbocycles. The van der Waals surface area contributed by atoms with Crippen molar-refractivity contribution in [1.82, 2.24) is 4.31 Å². The molecule has 1 aliphatic rings. The number of sulfonamides is 1. The predicted molar refractivity (Wildman–Crippen MR) is 77.0 cm³/mol. The quantitative estimate of drug-likeness (QED) is 0.921. The molecule has 2 rings (SSSR count). The summed E-state index contributed by atoms with van der Waals surface area (Å²) in [6.07, 6.45) is 1.87. The van der Waals surface area contributed by atoms with Crippen LogP contribution >= 0.6 is 0 Å². The normalized spacial score (nSPS) is 24.8. The van der Waals surface area contributed by atoms with Gasteiger partial charge in [0, 0.05) is 19.1 Å². The Kier molecular flexibility index (Phi) is 4.78. The van der Waals surface area contributed by atoms with Gasteiger partial charge in [0.05, 0.1) is 5.75 Å². The molecule has 0 saturated carbocycles. The van der Waals surface area contributed by atoms with Crippen molar-refractivity contribution in [3.63, 3.8) is 0 Å². The topological polar surface area (TPSA) is 63.4 Å². The molecule has 112 valence electrons. The first-order valence-electron chi connectivity index (χ1n) is 6.88. The van der Waals surface area contributed by atoms with E-state index < -0.39 is 10.0 Å². The van der Waals surface area contributed by atoms with Crippen LogP contribution < -0.4 is 5.73 Å². The molecule has 0 bridgehead atoms. The number of halogens is 1. The molecule has 4 nitrogen and oxygen atoms in total. The lowest BCUT2D eigenvalue weighted by molar-refractivity contribution is 0.192. The molecule has 0 aromatic heterocycles. The van der Waals surface area contributed by atoms with Crippen molar-refractivity contribution in [2.45, 2.75) is 31.6 Å². The largest absolute Gasteiger partial charge is 0.329 e. The van der Waals surface area contributed by atoms with E-state index in [-0.39, 0.29) is 23.5 Å². The second-order valence-corrected chi connectivity index (χ2v) is 7.34. The number of benzene rings is 1. The predicted octanol–water partition coefficient (Wildman–Crippen LogP) is 1.71. The van der Waals surface area contributed by atoms with E-state index in [1.807, 2.05) is 6.92 Å². The Morgan fingerprint density at radius 1 is 1.35 bits per heavy atom. The molecule has 20 heavy (non-hydrogen) atoms. The summed E-state index contributed by atoms with van der Waals surface area (Å²) in [7, 11) is -3.41. The van der Waals surface area contributed by atoms with E-state index in [9.17, 15) is 12.8 Å². The summed E-state index contributed by atoms with van der Waals surface area (Å²) in [5.41, 5.74) is 6.34. The lowest BCUT2D eigenvalue weighted by Gasteiger charge is -2.38. The van der Waals surface area contributed by atoms with E-state index >= 15 is 0 Å². The average molecular weight is 300 g/mol. The van der Waals surface area contributed by atoms with Crippen LogP contribution in [0, 0.1) is 11.7 Å². The monoisotopic (exact) mass is 300 g/mol. The van der Waals surface area contributed by atoms with Crippen molar-refractivity contribution >= 4 is 10.0 Å². The summed E-state index contributed by atoms with van der Waals surface area (Å²) in [6.45, 7) is 2.90. The van der Waals surface area contributed by atoms with Crippen LogP contribution in [0.1, 0.15) is 25.3 Å². The molecule has 1 aromatic rings. The van der Waals surface area contributed by atoms with Gasteiger partial charge in [-0.05, 0) is 36.5 Å². The first-order valence-corrected chi connectivity index (χ1v) is 8.49. The smallest absolute Gasteiger partial charge is 0.218 e. The third kappa shape index (κ3) is 3.37. The zero-order valence-corrected chi connectivity index (χ0v) is 12.4. The molecule has 1 fully saturated rings. The first kappa shape index (κ1) is 15.4. The highest BCUT2D eigenvalue weighted by Crippen LogP contribution is 2.26. The summed E-state index contributed by atoms with van der Waals surface area (Å²) in [5, 5.41) is 0. The second kappa shape index (κ2) is 6.20. The fourth-order valence-electron chi connectivity index (χ4n) is 2.78. The zero-order valence-electron chi connectivity index (χ0n) is 11.6. The van der Waals surface area contributed by atoms with E-state index in [4.69, 9.17) is 5.73 Å². The number of nitrogens with zero attached hydrogens (tertiary/aromatic N) is 1. The minimum absolute atomic E-state index is 0.101. The molecule has 1 aliphatic heterocycles. The number of rotatable bonds is 4. The Bertz CT molecular complexity index is 545. The molecule has 1 heterocycles. The van der Waals surface area contributed by atoms with Crippen LogP contribution in [0.5, 0.6) is 0 Å². The maximum atomic E-state index is 12.9. The third-order valence-corrected chi connectivity index (χ3v) is 5.79. The van der Waals surface area contributed by atoms with E-state index in [1.165, 1.54) is 28.6 Å². The van der Waals surface area contributed by atoms with Crippen LogP contribution in [0.4, 0.5) is 4.39 Å². The molecule has 0 spiro atoms. The molecule has 2 N–H and O–H groups in total. The molecule has 0 radical (unpaired) electrons. The van der Waals surface area contributed by atoms with Gasteiger partial charge in [0.2, 0.25) is 10.0 Å². The SMILES string of the molecule is C[C@@H]1CCCN(S(=O)(=O)Cc2ccc(F)cc2)[C@@H]1CN. The summed E-state index contributed by atoms with van der Waals surface area (Å²) in [6, 6.07) is 5.46.